The van der Waals surface area contributed by atoms with Gasteiger partial charge in [-0.2, -0.15) is 0 Å². The fourth-order valence-corrected chi connectivity index (χ4v) is 4.02. The zero-order valence-electron chi connectivity index (χ0n) is 16.1. The van der Waals surface area contributed by atoms with Gasteiger partial charge in [0.2, 0.25) is 0 Å². The van der Waals surface area contributed by atoms with E-state index in [1.165, 1.54) is 16.8 Å². The molecule has 0 aromatic heterocycles. The van der Waals surface area contributed by atoms with Crippen LogP contribution >= 0.6 is 0 Å². The number of nitrogens with one attached hydrogen (secondary N) is 1. The van der Waals surface area contributed by atoms with Gasteiger partial charge in [0.1, 0.15) is 5.75 Å². The second-order valence-electron chi connectivity index (χ2n) is 7.18. The van der Waals surface area contributed by atoms with Crippen molar-refractivity contribution >= 4 is 11.4 Å². The molecule has 4 rings (SSSR count). The number of rotatable bonds is 6. The van der Waals surface area contributed by atoms with E-state index >= 15 is 0 Å². The van der Waals surface area contributed by atoms with Crippen molar-refractivity contribution in [3.8, 4) is 18.1 Å². The summed E-state index contributed by atoms with van der Waals surface area (Å²) in [6.07, 6.45) is 6.43. The molecule has 1 N–H and O–H groups in total. The summed E-state index contributed by atoms with van der Waals surface area (Å²) >= 11 is 0. The van der Waals surface area contributed by atoms with Crippen molar-refractivity contribution in [2.24, 2.45) is 0 Å². The normalized spacial score (nSPS) is 17.6. The highest BCUT2D eigenvalue weighted by molar-refractivity contribution is 5.66. The van der Waals surface area contributed by atoms with Crippen LogP contribution in [-0.4, -0.2) is 13.7 Å². The summed E-state index contributed by atoms with van der Waals surface area (Å²) in [6.45, 7) is 1.67. The number of fused-ring (bicyclic) bond motifs is 1. The fourth-order valence-electron chi connectivity index (χ4n) is 4.02. The minimum absolute atomic E-state index is 0.325. The van der Waals surface area contributed by atoms with Crippen LogP contribution < -0.4 is 15.0 Å². The van der Waals surface area contributed by atoms with E-state index in [0.29, 0.717) is 6.42 Å². The number of para-hydroxylation sites is 1. The quantitative estimate of drug-likeness (QED) is 0.617. The lowest BCUT2D eigenvalue weighted by Crippen LogP contribution is -2.40. The summed E-state index contributed by atoms with van der Waals surface area (Å²) in [5, 5.41) is 3.74. The lowest BCUT2D eigenvalue weighted by atomic mass is 9.88. The predicted octanol–water partition coefficient (Wildman–Crippen LogP) is 5.05. The molecule has 0 radical (unpaired) electrons. The molecule has 0 aliphatic carbocycles. The van der Waals surface area contributed by atoms with Crippen LogP contribution in [0.5, 0.6) is 5.75 Å². The Labute approximate surface area is 167 Å². The Kier molecular flexibility index (Phi) is 4.95. The summed E-state index contributed by atoms with van der Waals surface area (Å²) in [5.41, 5.74) is 4.49. The standard InChI is InChI=1S/C25H24N2O/c1-3-17-25(26-21-13-15-22(28-2)16-14-21)19-27(18-20-9-5-4-6-10-20)24-12-8-7-11-23(24)25/h1,4-16,26H,17-19H2,2H3. The minimum Gasteiger partial charge on any atom is -0.497 e. The second-order valence-corrected chi connectivity index (χ2v) is 7.18. The van der Waals surface area contributed by atoms with Crippen molar-refractivity contribution in [2.75, 3.05) is 23.9 Å². The maximum Gasteiger partial charge on any atom is 0.119 e. The summed E-state index contributed by atoms with van der Waals surface area (Å²) < 4.78 is 5.28. The van der Waals surface area contributed by atoms with Gasteiger partial charge in [0.05, 0.1) is 12.6 Å². The van der Waals surface area contributed by atoms with Crippen molar-refractivity contribution < 1.29 is 4.74 Å². The zero-order valence-corrected chi connectivity index (χ0v) is 16.1. The third-order valence-corrected chi connectivity index (χ3v) is 5.31. The molecule has 140 valence electrons. The minimum atomic E-state index is -0.325. The Morgan fingerprint density at radius 1 is 1.00 bits per heavy atom. The molecule has 1 aliphatic rings. The van der Waals surface area contributed by atoms with E-state index < -0.39 is 0 Å². The number of benzene rings is 3. The number of hydrogen-bond donors (Lipinski definition) is 1. The molecule has 1 unspecified atom stereocenters. The molecule has 0 saturated carbocycles. The largest absolute Gasteiger partial charge is 0.497 e. The first-order valence-electron chi connectivity index (χ1n) is 9.48. The topological polar surface area (TPSA) is 24.5 Å². The Balaban J connectivity index is 1.69. The highest BCUT2D eigenvalue weighted by atomic mass is 16.5. The van der Waals surface area contributed by atoms with Crippen molar-refractivity contribution in [2.45, 2.75) is 18.5 Å². The number of ether oxygens (including phenoxy) is 1. The van der Waals surface area contributed by atoms with E-state index in [1.807, 2.05) is 24.3 Å². The van der Waals surface area contributed by atoms with Gasteiger partial charge in [-0.05, 0) is 35.9 Å². The van der Waals surface area contributed by atoms with E-state index in [1.54, 1.807) is 7.11 Å². The van der Waals surface area contributed by atoms with Crippen molar-refractivity contribution in [1.29, 1.82) is 0 Å². The summed E-state index contributed by atoms with van der Waals surface area (Å²) in [7, 11) is 1.68. The van der Waals surface area contributed by atoms with Crippen LogP contribution in [0.15, 0.2) is 78.9 Å². The molecule has 0 spiro atoms. The molecule has 3 aromatic rings. The van der Waals surface area contributed by atoms with E-state index in [4.69, 9.17) is 11.2 Å². The van der Waals surface area contributed by atoms with Crippen LogP contribution in [0.1, 0.15) is 17.5 Å². The molecule has 1 heterocycles. The lowest BCUT2D eigenvalue weighted by molar-refractivity contribution is 0.415. The summed E-state index contributed by atoms with van der Waals surface area (Å²) in [5.74, 6) is 3.75. The first-order chi connectivity index (χ1) is 13.7. The van der Waals surface area contributed by atoms with Gasteiger partial charge in [-0.15, -0.1) is 12.3 Å². The number of terminal acetylenes is 1. The van der Waals surface area contributed by atoms with Crippen molar-refractivity contribution in [3.05, 3.63) is 90.0 Å². The Morgan fingerprint density at radius 2 is 1.71 bits per heavy atom. The molecule has 28 heavy (non-hydrogen) atoms. The van der Waals surface area contributed by atoms with Gasteiger partial charge < -0.3 is 15.0 Å². The number of anilines is 2. The zero-order chi connectivity index (χ0) is 19.4. The van der Waals surface area contributed by atoms with Crippen LogP contribution in [0.2, 0.25) is 0 Å². The van der Waals surface area contributed by atoms with Crippen LogP contribution in [0.25, 0.3) is 0 Å². The smallest absolute Gasteiger partial charge is 0.119 e. The maximum atomic E-state index is 5.82. The highest BCUT2D eigenvalue weighted by Crippen LogP contribution is 2.44. The first kappa shape index (κ1) is 18.0. The molecule has 3 nitrogen and oxygen atoms in total. The molecular weight excluding hydrogens is 344 g/mol. The van der Waals surface area contributed by atoms with E-state index in [0.717, 1.165) is 24.5 Å². The van der Waals surface area contributed by atoms with E-state index in [-0.39, 0.29) is 5.54 Å². The van der Waals surface area contributed by atoms with Gasteiger partial charge in [0, 0.05) is 36.4 Å². The number of methoxy groups -OCH3 is 1. The Bertz CT molecular complexity index is 975. The molecule has 3 aromatic carbocycles. The van der Waals surface area contributed by atoms with Crippen molar-refractivity contribution in [1.82, 2.24) is 0 Å². The van der Waals surface area contributed by atoms with Crippen LogP contribution in [0, 0.1) is 12.3 Å². The maximum absolute atomic E-state index is 5.82. The van der Waals surface area contributed by atoms with E-state index in [2.05, 4.69) is 70.7 Å². The SMILES string of the molecule is C#CCC1(Nc2ccc(OC)cc2)CN(Cc2ccccc2)c2ccccc21. The van der Waals surface area contributed by atoms with Gasteiger partial charge >= 0.3 is 0 Å². The third-order valence-electron chi connectivity index (χ3n) is 5.31. The molecule has 3 heteroatoms. The molecule has 1 aliphatic heterocycles. The van der Waals surface area contributed by atoms with Crippen LogP contribution in [0.4, 0.5) is 11.4 Å². The third kappa shape index (κ3) is 3.42. The number of nitrogens with zero attached hydrogens (tertiary/aromatic N) is 1. The Hall–Kier alpha value is -3.38. The van der Waals surface area contributed by atoms with Crippen LogP contribution in [0.3, 0.4) is 0 Å². The Morgan fingerprint density at radius 3 is 2.43 bits per heavy atom. The molecular formula is C25H24N2O. The van der Waals surface area contributed by atoms with Crippen LogP contribution in [-0.2, 0) is 12.1 Å². The van der Waals surface area contributed by atoms with Gasteiger partial charge in [-0.3, -0.25) is 0 Å². The van der Waals surface area contributed by atoms with Gasteiger partial charge in [0.15, 0.2) is 0 Å². The average molecular weight is 368 g/mol. The number of hydrogen-bond acceptors (Lipinski definition) is 3. The van der Waals surface area contributed by atoms with Crippen molar-refractivity contribution in [3.63, 3.8) is 0 Å². The molecule has 0 fully saturated rings. The highest BCUT2D eigenvalue weighted by Gasteiger charge is 2.42. The lowest BCUT2D eigenvalue weighted by Gasteiger charge is -2.31. The monoisotopic (exact) mass is 368 g/mol. The van der Waals surface area contributed by atoms with Gasteiger partial charge in [0.25, 0.3) is 0 Å². The van der Waals surface area contributed by atoms with Gasteiger partial charge in [-0.1, -0.05) is 48.5 Å². The first-order valence-corrected chi connectivity index (χ1v) is 9.48. The molecule has 1 atom stereocenters. The molecule has 0 amide bonds. The van der Waals surface area contributed by atoms with E-state index in [9.17, 15) is 0 Å². The fraction of sp³-hybridized carbons (Fsp3) is 0.200. The van der Waals surface area contributed by atoms with Gasteiger partial charge in [-0.25, -0.2) is 0 Å². The molecule has 0 bridgehead atoms. The molecule has 0 saturated heterocycles. The summed E-state index contributed by atoms with van der Waals surface area (Å²) in [4.78, 5) is 2.42. The average Bonchev–Trinajstić information content (AvgIpc) is 3.03. The predicted molar refractivity (Wildman–Crippen MR) is 116 cm³/mol. The summed E-state index contributed by atoms with van der Waals surface area (Å²) in [6, 6.07) is 27.1. The second kappa shape index (κ2) is 7.70.